The number of amides is 2. The van der Waals surface area contributed by atoms with Gasteiger partial charge in [-0.3, -0.25) is 14.9 Å². The van der Waals surface area contributed by atoms with Gasteiger partial charge < -0.3 is 5.32 Å². The van der Waals surface area contributed by atoms with Crippen molar-refractivity contribution in [2.45, 2.75) is 6.42 Å². The molecule has 0 atom stereocenters. The molecule has 3 aromatic rings. The lowest BCUT2D eigenvalue weighted by Crippen LogP contribution is -2.15. The van der Waals surface area contributed by atoms with Crippen molar-refractivity contribution < 1.29 is 14.0 Å². The predicted molar refractivity (Wildman–Crippen MR) is 100.0 cm³/mol. The van der Waals surface area contributed by atoms with Crippen LogP contribution < -0.4 is 10.6 Å². The fourth-order valence-corrected chi connectivity index (χ4v) is 2.92. The molecule has 0 saturated carbocycles. The van der Waals surface area contributed by atoms with Gasteiger partial charge in [0.25, 0.3) is 5.91 Å². The number of nitriles is 1. The van der Waals surface area contributed by atoms with Crippen LogP contribution in [0.1, 0.15) is 21.6 Å². The molecule has 6 nitrogen and oxygen atoms in total. The van der Waals surface area contributed by atoms with Gasteiger partial charge in [0.2, 0.25) is 5.91 Å². The Morgan fingerprint density at radius 3 is 2.44 bits per heavy atom. The Labute approximate surface area is 158 Å². The second-order valence-electron chi connectivity index (χ2n) is 5.52. The van der Waals surface area contributed by atoms with Gasteiger partial charge in [-0.2, -0.15) is 5.26 Å². The first-order valence-corrected chi connectivity index (χ1v) is 8.73. The number of hydrogen-bond donors (Lipinski definition) is 2. The second-order valence-corrected chi connectivity index (χ2v) is 6.38. The molecule has 0 aliphatic rings. The topological polar surface area (TPSA) is 94.9 Å². The highest BCUT2D eigenvalue weighted by molar-refractivity contribution is 7.14. The van der Waals surface area contributed by atoms with E-state index < -0.39 is 11.7 Å². The van der Waals surface area contributed by atoms with Gasteiger partial charge in [-0.25, -0.2) is 9.37 Å². The van der Waals surface area contributed by atoms with E-state index in [9.17, 15) is 14.0 Å². The molecule has 8 heteroatoms. The molecular weight excluding hydrogens is 367 g/mol. The zero-order valence-corrected chi connectivity index (χ0v) is 14.7. The van der Waals surface area contributed by atoms with Crippen LogP contribution in [-0.4, -0.2) is 16.8 Å². The van der Waals surface area contributed by atoms with Gasteiger partial charge >= 0.3 is 0 Å². The summed E-state index contributed by atoms with van der Waals surface area (Å²) in [6.45, 7) is 0. The quantitative estimate of drug-likeness (QED) is 0.707. The molecule has 0 fully saturated rings. The highest BCUT2D eigenvalue weighted by Gasteiger charge is 2.11. The predicted octanol–water partition coefficient (Wildman–Crippen LogP) is 3.59. The molecule has 2 aromatic carbocycles. The monoisotopic (exact) mass is 380 g/mol. The van der Waals surface area contributed by atoms with E-state index in [1.807, 2.05) is 6.07 Å². The number of benzene rings is 2. The van der Waals surface area contributed by atoms with Gasteiger partial charge in [0, 0.05) is 16.6 Å². The molecule has 0 unspecified atom stereocenters. The molecule has 1 heterocycles. The third kappa shape index (κ3) is 4.96. The highest BCUT2D eigenvalue weighted by atomic mass is 32.1. The van der Waals surface area contributed by atoms with Crippen molar-refractivity contribution in [1.29, 1.82) is 5.26 Å². The molecule has 2 N–H and O–H groups in total. The van der Waals surface area contributed by atoms with Gasteiger partial charge in [0.15, 0.2) is 5.13 Å². The molecule has 0 bridgehead atoms. The lowest BCUT2D eigenvalue weighted by atomic mass is 10.2. The standard InChI is InChI=1S/C19H13FN4O2S/c20-14-5-3-13(4-6-14)18(26)24-19-23-16(11-27-19)9-17(25)22-15-7-1-12(10-21)2-8-15/h1-8,11H,9H2,(H,22,25)(H,23,24,26). The smallest absolute Gasteiger partial charge is 0.257 e. The van der Waals surface area contributed by atoms with Gasteiger partial charge in [-0.1, -0.05) is 0 Å². The average Bonchev–Trinajstić information content (AvgIpc) is 3.09. The summed E-state index contributed by atoms with van der Waals surface area (Å²) in [5, 5.41) is 16.1. The van der Waals surface area contributed by atoms with Crippen molar-refractivity contribution in [2.24, 2.45) is 0 Å². The molecular formula is C19H13FN4O2S. The normalized spacial score (nSPS) is 10.1. The summed E-state index contributed by atoms with van der Waals surface area (Å²) >= 11 is 1.20. The summed E-state index contributed by atoms with van der Waals surface area (Å²) in [5.41, 5.74) is 1.92. The van der Waals surface area contributed by atoms with Crippen LogP contribution >= 0.6 is 11.3 Å². The van der Waals surface area contributed by atoms with Crippen molar-refractivity contribution in [2.75, 3.05) is 10.6 Å². The van der Waals surface area contributed by atoms with Crippen molar-refractivity contribution in [1.82, 2.24) is 4.98 Å². The molecule has 3 rings (SSSR count). The maximum atomic E-state index is 12.9. The minimum absolute atomic E-state index is 0.0446. The van der Waals surface area contributed by atoms with Crippen LogP contribution in [0.3, 0.4) is 0 Å². The van der Waals surface area contributed by atoms with E-state index >= 15 is 0 Å². The van der Waals surface area contributed by atoms with E-state index in [2.05, 4.69) is 15.6 Å². The van der Waals surface area contributed by atoms with Crippen molar-refractivity contribution >= 4 is 34.0 Å². The van der Waals surface area contributed by atoms with Crippen LogP contribution in [0.15, 0.2) is 53.9 Å². The van der Waals surface area contributed by atoms with Crippen LogP contribution in [0.5, 0.6) is 0 Å². The molecule has 2 amide bonds. The fraction of sp³-hybridized carbons (Fsp3) is 0.0526. The maximum absolute atomic E-state index is 12.9. The number of anilines is 2. The highest BCUT2D eigenvalue weighted by Crippen LogP contribution is 2.18. The summed E-state index contributed by atoms with van der Waals surface area (Å²) in [6, 6.07) is 13.7. The molecule has 134 valence electrons. The lowest BCUT2D eigenvalue weighted by molar-refractivity contribution is -0.115. The van der Waals surface area contributed by atoms with Crippen molar-refractivity contribution in [3.63, 3.8) is 0 Å². The fourth-order valence-electron chi connectivity index (χ4n) is 2.21. The van der Waals surface area contributed by atoms with Crippen LogP contribution in [0.25, 0.3) is 0 Å². The Kier molecular flexibility index (Phi) is 5.54. The van der Waals surface area contributed by atoms with E-state index in [1.54, 1.807) is 29.6 Å². The van der Waals surface area contributed by atoms with E-state index in [-0.39, 0.29) is 12.3 Å². The van der Waals surface area contributed by atoms with E-state index in [0.717, 1.165) is 0 Å². The number of nitrogens with one attached hydrogen (secondary N) is 2. The van der Waals surface area contributed by atoms with Gasteiger partial charge in [0.1, 0.15) is 5.82 Å². The summed E-state index contributed by atoms with van der Waals surface area (Å²) in [7, 11) is 0. The SMILES string of the molecule is N#Cc1ccc(NC(=O)Cc2csc(NC(=O)c3ccc(F)cc3)n2)cc1. The number of carbonyl (C=O) groups excluding carboxylic acids is 2. The number of carbonyl (C=O) groups is 2. The zero-order valence-electron chi connectivity index (χ0n) is 13.9. The van der Waals surface area contributed by atoms with Gasteiger partial charge in [-0.15, -0.1) is 11.3 Å². The average molecular weight is 380 g/mol. The summed E-state index contributed by atoms with van der Waals surface area (Å²) < 4.78 is 12.9. The number of nitrogens with zero attached hydrogens (tertiary/aromatic N) is 2. The molecule has 0 radical (unpaired) electrons. The van der Waals surface area contributed by atoms with Gasteiger partial charge in [0.05, 0.1) is 23.7 Å². The van der Waals surface area contributed by atoms with Crippen LogP contribution in [0, 0.1) is 17.1 Å². The Morgan fingerprint density at radius 1 is 1.07 bits per heavy atom. The molecule has 0 saturated heterocycles. The first kappa shape index (κ1) is 18.2. The molecule has 0 aliphatic carbocycles. The Hall–Kier alpha value is -3.57. The van der Waals surface area contributed by atoms with Crippen molar-refractivity contribution in [3.8, 4) is 6.07 Å². The van der Waals surface area contributed by atoms with Crippen molar-refractivity contribution in [3.05, 3.63) is 76.5 Å². The maximum Gasteiger partial charge on any atom is 0.257 e. The number of thiazole rings is 1. The largest absolute Gasteiger partial charge is 0.326 e. The van der Waals surface area contributed by atoms with E-state index in [4.69, 9.17) is 5.26 Å². The third-order valence-electron chi connectivity index (χ3n) is 3.52. The number of rotatable bonds is 5. The van der Waals surface area contributed by atoms with E-state index in [1.165, 1.54) is 35.6 Å². The van der Waals surface area contributed by atoms with Crippen LogP contribution in [0.2, 0.25) is 0 Å². The van der Waals surface area contributed by atoms with E-state index in [0.29, 0.717) is 27.6 Å². The molecule has 0 aliphatic heterocycles. The summed E-state index contributed by atoms with van der Waals surface area (Å²) in [4.78, 5) is 28.4. The lowest BCUT2D eigenvalue weighted by Gasteiger charge is -2.04. The Morgan fingerprint density at radius 2 is 1.78 bits per heavy atom. The number of halogens is 1. The summed E-state index contributed by atoms with van der Waals surface area (Å²) in [6.07, 6.45) is 0.0446. The molecule has 27 heavy (non-hydrogen) atoms. The molecule has 0 spiro atoms. The Balaban J connectivity index is 1.56. The first-order chi connectivity index (χ1) is 13.0. The first-order valence-electron chi connectivity index (χ1n) is 7.85. The zero-order chi connectivity index (χ0) is 19.2. The summed E-state index contributed by atoms with van der Waals surface area (Å²) in [5.74, 6) is -1.09. The van der Waals surface area contributed by atoms with Crippen LogP contribution in [0.4, 0.5) is 15.2 Å². The third-order valence-corrected chi connectivity index (χ3v) is 4.32. The van der Waals surface area contributed by atoms with Crippen LogP contribution in [-0.2, 0) is 11.2 Å². The second kappa shape index (κ2) is 8.21. The number of aromatic nitrogens is 1. The van der Waals surface area contributed by atoms with Gasteiger partial charge in [-0.05, 0) is 48.5 Å². The Bertz CT molecular complexity index is 1010. The molecule has 1 aromatic heterocycles. The number of hydrogen-bond acceptors (Lipinski definition) is 5. The minimum atomic E-state index is -0.420. The minimum Gasteiger partial charge on any atom is -0.326 e.